The number of carbonyl (C=O) groups is 1. The maximum Gasteiger partial charge on any atom is 0.175 e. The zero-order valence-corrected chi connectivity index (χ0v) is 9.62. The van der Waals surface area contributed by atoms with Crippen molar-refractivity contribution >= 4 is 29.0 Å². The summed E-state index contributed by atoms with van der Waals surface area (Å²) >= 11 is 12.2. The van der Waals surface area contributed by atoms with Crippen molar-refractivity contribution < 1.29 is 4.79 Å². The molecule has 0 saturated heterocycles. The summed E-state index contributed by atoms with van der Waals surface area (Å²) in [5, 5.41) is 0. The lowest BCUT2D eigenvalue weighted by molar-refractivity contribution is -0.117. The summed E-state index contributed by atoms with van der Waals surface area (Å²) in [6.07, 6.45) is 4.02. The van der Waals surface area contributed by atoms with Crippen LogP contribution < -0.4 is 0 Å². The summed E-state index contributed by atoms with van der Waals surface area (Å²) in [4.78, 5) is 10.2. The molecule has 0 aliphatic heterocycles. The van der Waals surface area contributed by atoms with Gasteiger partial charge in [0, 0.05) is 4.87 Å². The lowest BCUT2D eigenvalue weighted by Gasteiger charge is -2.34. The number of ketones is 1. The first-order chi connectivity index (χ1) is 5.73. The van der Waals surface area contributed by atoms with E-state index in [2.05, 4.69) is 0 Å². The molecule has 0 heterocycles. The summed E-state index contributed by atoms with van der Waals surface area (Å²) in [5.74, 6) is 0.140. The standard InChI is InChI=1S/C10H14Cl2O/c1-9(2,11)7-4-5-8(13)10(3,12)6-7/h4-5,7H,6H2,1-3H3. The minimum absolute atomic E-state index is 0.0219. The Bertz CT molecular complexity index is 248. The van der Waals surface area contributed by atoms with Crippen molar-refractivity contribution in [3.05, 3.63) is 12.2 Å². The Labute approximate surface area is 89.1 Å². The van der Waals surface area contributed by atoms with Gasteiger partial charge in [0.2, 0.25) is 0 Å². The van der Waals surface area contributed by atoms with Gasteiger partial charge < -0.3 is 0 Å². The Morgan fingerprint density at radius 2 is 2.15 bits per heavy atom. The van der Waals surface area contributed by atoms with Crippen molar-refractivity contribution in [1.82, 2.24) is 0 Å². The van der Waals surface area contributed by atoms with Crippen LogP contribution in [0.15, 0.2) is 12.2 Å². The highest BCUT2D eigenvalue weighted by atomic mass is 35.5. The topological polar surface area (TPSA) is 17.1 Å². The third-order valence-electron chi connectivity index (χ3n) is 2.48. The van der Waals surface area contributed by atoms with Crippen LogP contribution in [-0.4, -0.2) is 15.5 Å². The van der Waals surface area contributed by atoms with E-state index in [9.17, 15) is 4.79 Å². The molecule has 1 rings (SSSR count). The van der Waals surface area contributed by atoms with Gasteiger partial charge in [-0.2, -0.15) is 0 Å². The fourth-order valence-corrected chi connectivity index (χ4v) is 1.81. The quantitative estimate of drug-likeness (QED) is 0.621. The van der Waals surface area contributed by atoms with Crippen LogP contribution in [0.3, 0.4) is 0 Å². The van der Waals surface area contributed by atoms with Crippen molar-refractivity contribution in [2.45, 2.75) is 36.9 Å². The molecular weight excluding hydrogens is 207 g/mol. The van der Waals surface area contributed by atoms with E-state index >= 15 is 0 Å². The molecule has 3 heteroatoms. The van der Waals surface area contributed by atoms with E-state index in [1.807, 2.05) is 19.9 Å². The van der Waals surface area contributed by atoms with Gasteiger partial charge in [-0.15, -0.1) is 23.2 Å². The van der Waals surface area contributed by atoms with Gasteiger partial charge in [0.1, 0.15) is 4.87 Å². The second-order valence-corrected chi connectivity index (χ2v) is 6.10. The lowest BCUT2D eigenvalue weighted by Crippen LogP contribution is -2.38. The van der Waals surface area contributed by atoms with E-state index in [4.69, 9.17) is 23.2 Å². The summed E-state index contributed by atoms with van der Waals surface area (Å²) in [6.45, 7) is 5.62. The third-order valence-corrected chi connectivity index (χ3v) is 3.10. The van der Waals surface area contributed by atoms with E-state index in [-0.39, 0.29) is 16.6 Å². The second-order valence-electron chi connectivity index (χ2n) is 4.30. The predicted octanol–water partition coefficient (Wildman–Crippen LogP) is 3.15. The van der Waals surface area contributed by atoms with E-state index in [1.165, 1.54) is 0 Å². The first kappa shape index (κ1) is 11.1. The molecule has 1 aliphatic carbocycles. The van der Waals surface area contributed by atoms with Crippen molar-refractivity contribution in [3.8, 4) is 0 Å². The molecular formula is C10H14Cl2O. The van der Waals surface area contributed by atoms with Crippen molar-refractivity contribution in [2.24, 2.45) is 5.92 Å². The Hall–Kier alpha value is -0.0100. The monoisotopic (exact) mass is 220 g/mol. The van der Waals surface area contributed by atoms with Crippen molar-refractivity contribution in [3.63, 3.8) is 0 Å². The van der Waals surface area contributed by atoms with E-state index in [0.717, 1.165) is 0 Å². The average Bonchev–Trinajstić information content (AvgIpc) is 1.92. The number of alkyl halides is 2. The molecule has 1 aliphatic rings. The van der Waals surface area contributed by atoms with Gasteiger partial charge in [-0.25, -0.2) is 0 Å². The smallest absolute Gasteiger partial charge is 0.175 e. The van der Waals surface area contributed by atoms with Crippen LogP contribution in [-0.2, 0) is 4.79 Å². The Balaban J connectivity index is 2.88. The first-order valence-corrected chi connectivity index (χ1v) is 5.09. The minimum Gasteiger partial charge on any atom is -0.293 e. The lowest BCUT2D eigenvalue weighted by atomic mass is 9.80. The fourth-order valence-electron chi connectivity index (χ4n) is 1.43. The molecule has 2 unspecified atom stereocenters. The predicted molar refractivity (Wildman–Crippen MR) is 56.4 cm³/mol. The molecule has 1 nitrogen and oxygen atoms in total. The molecule has 13 heavy (non-hydrogen) atoms. The number of rotatable bonds is 1. The molecule has 0 aromatic rings. The molecule has 2 atom stereocenters. The van der Waals surface area contributed by atoms with E-state index in [1.54, 1.807) is 13.0 Å². The van der Waals surface area contributed by atoms with Gasteiger partial charge in [0.15, 0.2) is 5.78 Å². The highest BCUT2D eigenvalue weighted by Crippen LogP contribution is 2.38. The van der Waals surface area contributed by atoms with Gasteiger partial charge in [-0.05, 0) is 39.2 Å². The van der Waals surface area contributed by atoms with Crippen molar-refractivity contribution in [1.29, 1.82) is 0 Å². The van der Waals surface area contributed by atoms with E-state index in [0.29, 0.717) is 6.42 Å². The van der Waals surface area contributed by atoms with Crippen LogP contribution in [0.1, 0.15) is 27.2 Å². The molecule has 0 saturated carbocycles. The van der Waals surface area contributed by atoms with Crippen LogP contribution in [0.2, 0.25) is 0 Å². The Morgan fingerprint density at radius 3 is 2.54 bits per heavy atom. The zero-order valence-electron chi connectivity index (χ0n) is 8.10. The summed E-state index contributed by atoms with van der Waals surface area (Å²) < 4.78 is 0. The molecule has 0 amide bonds. The molecule has 0 aromatic heterocycles. The number of allylic oxidation sites excluding steroid dienone is 2. The molecule has 0 radical (unpaired) electrons. The summed E-state index contributed by atoms with van der Waals surface area (Å²) in [7, 11) is 0. The van der Waals surface area contributed by atoms with Crippen LogP contribution >= 0.6 is 23.2 Å². The van der Waals surface area contributed by atoms with Gasteiger partial charge in [0.05, 0.1) is 0 Å². The molecule has 0 N–H and O–H groups in total. The number of hydrogen-bond donors (Lipinski definition) is 0. The second kappa shape index (κ2) is 3.29. The van der Waals surface area contributed by atoms with Gasteiger partial charge in [-0.3, -0.25) is 4.79 Å². The highest BCUT2D eigenvalue weighted by molar-refractivity contribution is 6.37. The van der Waals surface area contributed by atoms with Crippen LogP contribution in [0.4, 0.5) is 0 Å². The van der Waals surface area contributed by atoms with Gasteiger partial charge in [0.25, 0.3) is 0 Å². The fraction of sp³-hybridized carbons (Fsp3) is 0.700. The largest absolute Gasteiger partial charge is 0.293 e. The zero-order chi connectivity index (χ0) is 10.3. The molecule has 0 aromatic carbocycles. The highest BCUT2D eigenvalue weighted by Gasteiger charge is 2.39. The molecule has 0 spiro atoms. The molecule has 0 fully saturated rings. The molecule has 74 valence electrons. The Morgan fingerprint density at radius 1 is 1.62 bits per heavy atom. The number of hydrogen-bond acceptors (Lipinski definition) is 1. The normalized spacial score (nSPS) is 35.2. The first-order valence-electron chi connectivity index (χ1n) is 4.34. The van der Waals surface area contributed by atoms with Gasteiger partial charge in [-0.1, -0.05) is 6.08 Å². The third kappa shape index (κ3) is 2.47. The maximum atomic E-state index is 11.3. The van der Waals surface area contributed by atoms with Crippen molar-refractivity contribution in [2.75, 3.05) is 0 Å². The van der Waals surface area contributed by atoms with Crippen LogP contribution in [0, 0.1) is 5.92 Å². The minimum atomic E-state index is -0.772. The van der Waals surface area contributed by atoms with E-state index < -0.39 is 4.87 Å². The Kier molecular flexibility index (Phi) is 2.80. The maximum absolute atomic E-state index is 11.3. The average molecular weight is 221 g/mol. The number of halogens is 2. The molecule has 0 bridgehead atoms. The van der Waals surface area contributed by atoms with Crippen LogP contribution in [0.5, 0.6) is 0 Å². The summed E-state index contributed by atoms with van der Waals surface area (Å²) in [5.41, 5.74) is 0. The van der Waals surface area contributed by atoms with Gasteiger partial charge >= 0.3 is 0 Å². The number of carbonyl (C=O) groups excluding carboxylic acids is 1. The SMILES string of the molecule is CC1(Cl)CC(C(C)(C)Cl)C=CC1=O. The summed E-state index contributed by atoms with van der Waals surface area (Å²) in [6, 6.07) is 0. The van der Waals surface area contributed by atoms with Crippen LogP contribution in [0.25, 0.3) is 0 Å².